The fourth-order valence-electron chi connectivity index (χ4n) is 0.212. The van der Waals surface area contributed by atoms with Gasteiger partial charge in [-0.05, 0) is 0 Å². The summed E-state index contributed by atoms with van der Waals surface area (Å²) in [6.45, 7) is 0.565. The highest BCUT2D eigenvalue weighted by atomic mass is 16.1. The first-order valence-electron chi connectivity index (χ1n) is 2.05. The van der Waals surface area contributed by atoms with Gasteiger partial charge >= 0.3 is 0 Å². The molecule has 0 heterocycles. The molecule has 0 aromatic heterocycles. The van der Waals surface area contributed by atoms with E-state index in [1.54, 1.807) is 0 Å². The Labute approximate surface area is 42.9 Å². The first kappa shape index (κ1) is 6.43. The number of nitrogens with two attached hydrogens (primary N) is 1. The van der Waals surface area contributed by atoms with Gasteiger partial charge in [-0.1, -0.05) is 0 Å². The predicted molar refractivity (Wildman–Crippen MR) is 27.2 cm³/mol. The molecule has 1 radical (unpaired) electrons. The first-order valence-corrected chi connectivity index (χ1v) is 2.05. The minimum absolute atomic E-state index is 0.295. The van der Waals surface area contributed by atoms with E-state index in [9.17, 15) is 4.79 Å². The van der Waals surface area contributed by atoms with Crippen LogP contribution < -0.4 is 11.1 Å². The fourth-order valence-corrected chi connectivity index (χ4v) is 0.212. The third-order valence-corrected chi connectivity index (χ3v) is 0.548. The summed E-state index contributed by atoms with van der Waals surface area (Å²) in [6.07, 6.45) is 0.365. The molecule has 0 aliphatic rings. The molecule has 0 unspecified atom stereocenters. The smallest absolute Gasteiger partial charge is 0.218 e. The monoisotopic (exact) mass is 101 g/mol. The Morgan fingerprint density at radius 1 is 1.86 bits per heavy atom. The van der Waals surface area contributed by atoms with Crippen LogP contribution in [0.25, 0.3) is 0 Å². The van der Waals surface area contributed by atoms with Crippen molar-refractivity contribution in [3.63, 3.8) is 0 Å². The maximum atomic E-state index is 9.91. The summed E-state index contributed by atoms with van der Waals surface area (Å²) in [7, 11) is 3.30. The molecule has 3 nitrogen and oxygen atoms in total. The second-order valence-corrected chi connectivity index (χ2v) is 1.22. The van der Waals surface area contributed by atoms with Gasteiger partial charge in [0.05, 0.1) is 0 Å². The number of hydrogen-bond donors (Lipinski definition) is 2. The van der Waals surface area contributed by atoms with E-state index in [-0.39, 0.29) is 5.91 Å². The number of carbonyl (C=O) groups is 1. The molecule has 0 aliphatic heterocycles. The van der Waals surface area contributed by atoms with Gasteiger partial charge < -0.3 is 11.1 Å². The van der Waals surface area contributed by atoms with Crippen LogP contribution in [-0.2, 0) is 4.79 Å². The predicted octanol–water partition coefficient (Wildman–Crippen LogP) is -0.757. The van der Waals surface area contributed by atoms with Gasteiger partial charge in [0.1, 0.15) is 0 Å². The van der Waals surface area contributed by atoms with Crippen molar-refractivity contribution >= 4 is 5.91 Å². The molecule has 0 bridgehead atoms. The van der Waals surface area contributed by atoms with Crippen LogP contribution in [0.5, 0.6) is 0 Å². The van der Waals surface area contributed by atoms with Crippen molar-refractivity contribution < 1.29 is 4.79 Å². The number of amides is 1. The van der Waals surface area contributed by atoms with Crippen molar-refractivity contribution in [1.29, 1.82) is 0 Å². The Kier molecular flexibility index (Phi) is 3.32. The molecule has 0 spiro atoms. The number of primary amides is 1. The summed E-state index contributed by atoms with van der Waals surface area (Å²) in [5, 5.41) is 2.55. The molecular weight excluding hydrogens is 92.1 g/mol. The van der Waals surface area contributed by atoms with Crippen LogP contribution in [0.3, 0.4) is 0 Å². The lowest BCUT2D eigenvalue weighted by Gasteiger charge is -1.89. The zero-order chi connectivity index (χ0) is 5.70. The summed E-state index contributed by atoms with van der Waals surface area (Å²) in [5.74, 6) is -0.295. The lowest BCUT2D eigenvalue weighted by Crippen LogP contribution is -2.17. The highest BCUT2D eigenvalue weighted by Crippen LogP contribution is 1.68. The van der Waals surface area contributed by atoms with E-state index in [0.29, 0.717) is 13.0 Å². The van der Waals surface area contributed by atoms with Crippen molar-refractivity contribution in [3.8, 4) is 0 Å². The van der Waals surface area contributed by atoms with Crippen molar-refractivity contribution in [2.45, 2.75) is 6.42 Å². The van der Waals surface area contributed by atoms with E-state index in [1.165, 1.54) is 0 Å². The second-order valence-electron chi connectivity index (χ2n) is 1.22. The summed E-state index contributed by atoms with van der Waals surface area (Å²) in [6, 6.07) is 0. The van der Waals surface area contributed by atoms with Crippen LogP contribution >= 0.6 is 0 Å². The Hall–Kier alpha value is -0.570. The topological polar surface area (TPSA) is 55.1 Å². The van der Waals surface area contributed by atoms with Gasteiger partial charge in [-0.3, -0.25) is 4.79 Å². The molecule has 0 rings (SSSR count). The number of hydrogen-bond acceptors (Lipinski definition) is 2. The van der Waals surface area contributed by atoms with Gasteiger partial charge in [0, 0.05) is 20.0 Å². The Morgan fingerprint density at radius 3 is 2.57 bits per heavy atom. The molecule has 0 saturated carbocycles. The van der Waals surface area contributed by atoms with E-state index in [0.717, 1.165) is 0 Å². The van der Waals surface area contributed by atoms with Crippen LogP contribution in [-0.4, -0.2) is 12.5 Å². The minimum atomic E-state index is -0.295. The zero-order valence-corrected chi connectivity index (χ0v) is 4.11. The average molecular weight is 101 g/mol. The van der Waals surface area contributed by atoms with E-state index in [4.69, 9.17) is 5.73 Å². The highest BCUT2D eigenvalue weighted by molar-refractivity contribution is 5.73. The SMILES string of the molecule is [CH2]NCCC(N)=O. The highest BCUT2D eigenvalue weighted by Gasteiger charge is 1.87. The van der Waals surface area contributed by atoms with Crippen molar-refractivity contribution in [2.24, 2.45) is 5.73 Å². The molecule has 3 heteroatoms. The molecule has 0 fully saturated rings. The average Bonchev–Trinajstić information content (AvgIpc) is 1.61. The number of carbonyl (C=O) groups excluding carboxylic acids is 1. The van der Waals surface area contributed by atoms with Crippen molar-refractivity contribution in [2.75, 3.05) is 6.54 Å². The Morgan fingerprint density at radius 2 is 2.43 bits per heavy atom. The van der Waals surface area contributed by atoms with E-state index in [1.807, 2.05) is 0 Å². The lowest BCUT2D eigenvalue weighted by atomic mass is 10.4. The van der Waals surface area contributed by atoms with Gasteiger partial charge in [0.2, 0.25) is 5.91 Å². The van der Waals surface area contributed by atoms with Gasteiger partial charge in [-0.15, -0.1) is 0 Å². The Balaban J connectivity index is 2.82. The van der Waals surface area contributed by atoms with Crippen LogP contribution in [0, 0.1) is 7.05 Å². The van der Waals surface area contributed by atoms with Crippen molar-refractivity contribution in [1.82, 2.24) is 5.32 Å². The number of rotatable bonds is 3. The molecule has 0 aromatic carbocycles. The summed E-state index contributed by atoms with van der Waals surface area (Å²) < 4.78 is 0. The molecule has 0 atom stereocenters. The van der Waals surface area contributed by atoms with E-state index >= 15 is 0 Å². The molecular formula is C4H9N2O. The van der Waals surface area contributed by atoms with Gasteiger partial charge in [-0.2, -0.15) is 0 Å². The third-order valence-electron chi connectivity index (χ3n) is 0.548. The van der Waals surface area contributed by atoms with Gasteiger partial charge in [0.15, 0.2) is 0 Å². The largest absolute Gasteiger partial charge is 0.370 e. The third kappa shape index (κ3) is 5.43. The van der Waals surface area contributed by atoms with Crippen molar-refractivity contribution in [3.05, 3.63) is 7.05 Å². The zero-order valence-electron chi connectivity index (χ0n) is 4.11. The lowest BCUT2D eigenvalue weighted by molar-refractivity contribution is -0.117. The quantitative estimate of drug-likeness (QED) is 0.491. The molecule has 41 valence electrons. The molecule has 0 aromatic rings. The maximum absolute atomic E-state index is 9.91. The summed E-state index contributed by atoms with van der Waals surface area (Å²) in [4.78, 5) is 9.91. The van der Waals surface area contributed by atoms with Crippen LogP contribution in [0.15, 0.2) is 0 Å². The van der Waals surface area contributed by atoms with Crippen LogP contribution in [0.1, 0.15) is 6.42 Å². The van der Waals surface area contributed by atoms with Gasteiger partial charge in [-0.25, -0.2) is 0 Å². The molecule has 3 N–H and O–H groups in total. The Bertz CT molecular complexity index is 62.7. The van der Waals surface area contributed by atoms with Crippen LogP contribution in [0.2, 0.25) is 0 Å². The van der Waals surface area contributed by atoms with E-state index < -0.39 is 0 Å². The first-order chi connectivity index (χ1) is 3.27. The molecule has 0 aliphatic carbocycles. The maximum Gasteiger partial charge on any atom is 0.218 e. The summed E-state index contributed by atoms with van der Waals surface area (Å²) in [5.41, 5.74) is 4.77. The van der Waals surface area contributed by atoms with Gasteiger partial charge in [0.25, 0.3) is 0 Å². The molecule has 7 heavy (non-hydrogen) atoms. The minimum Gasteiger partial charge on any atom is -0.370 e. The normalized spacial score (nSPS) is 8.71. The summed E-state index contributed by atoms with van der Waals surface area (Å²) >= 11 is 0. The van der Waals surface area contributed by atoms with E-state index in [2.05, 4.69) is 12.4 Å². The standard InChI is InChI=1S/C4H9N2O/c1-6-3-2-4(5)7/h6H,1-3H2,(H2,5,7). The molecule has 0 saturated heterocycles. The fraction of sp³-hybridized carbons (Fsp3) is 0.500. The second kappa shape index (κ2) is 3.61. The van der Waals surface area contributed by atoms with Crippen LogP contribution in [0.4, 0.5) is 0 Å². The number of nitrogens with one attached hydrogen (secondary N) is 1. The molecule has 1 amide bonds.